The molecule has 2 rings (SSSR count). The number of nitrogens with zero attached hydrogens (tertiary/aromatic N) is 2. The summed E-state index contributed by atoms with van der Waals surface area (Å²) in [5.41, 5.74) is 1.98. The van der Waals surface area contributed by atoms with Gasteiger partial charge in [0.15, 0.2) is 0 Å². The van der Waals surface area contributed by atoms with Gasteiger partial charge < -0.3 is 5.32 Å². The predicted octanol–water partition coefficient (Wildman–Crippen LogP) is 2.55. The Bertz CT molecular complexity index is 444. The van der Waals surface area contributed by atoms with Gasteiger partial charge in [-0.05, 0) is 63.5 Å². The summed E-state index contributed by atoms with van der Waals surface area (Å²) in [5, 5.41) is 12.4. The van der Waals surface area contributed by atoms with Crippen LogP contribution in [0.2, 0.25) is 0 Å². The van der Waals surface area contributed by atoms with Gasteiger partial charge in [0.05, 0.1) is 11.6 Å². The first kappa shape index (κ1) is 14.0. The van der Waals surface area contributed by atoms with Crippen molar-refractivity contribution in [3.8, 4) is 6.07 Å². The zero-order chi connectivity index (χ0) is 13.7. The fourth-order valence-corrected chi connectivity index (χ4v) is 2.75. The highest BCUT2D eigenvalue weighted by atomic mass is 15.1. The lowest BCUT2D eigenvalue weighted by molar-refractivity contribution is 0.196. The summed E-state index contributed by atoms with van der Waals surface area (Å²) in [6.07, 6.45) is 2.55. The van der Waals surface area contributed by atoms with Crippen LogP contribution in [0.1, 0.15) is 36.9 Å². The molecule has 0 radical (unpaired) electrons. The van der Waals surface area contributed by atoms with Crippen LogP contribution in [0.15, 0.2) is 24.3 Å². The SMILES string of the molecule is CC(c1cccc(C#N)c1)N(C)CC1CCNCC1. The normalized spacial score (nSPS) is 18.2. The molecule has 1 aromatic carbocycles. The zero-order valence-electron chi connectivity index (χ0n) is 11.9. The number of nitriles is 1. The van der Waals surface area contributed by atoms with Gasteiger partial charge in [-0.2, -0.15) is 5.26 Å². The minimum absolute atomic E-state index is 0.364. The molecule has 0 aromatic heterocycles. The van der Waals surface area contributed by atoms with Crippen molar-refractivity contribution >= 4 is 0 Å². The zero-order valence-corrected chi connectivity index (χ0v) is 11.9. The maximum Gasteiger partial charge on any atom is 0.0991 e. The van der Waals surface area contributed by atoms with Gasteiger partial charge in [-0.25, -0.2) is 0 Å². The molecular formula is C16H23N3. The van der Waals surface area contributed by atoms with Gasteiger partial charge in [-0.1, -0.05) is 12.1 Å². The summed E-state index contributed by atoms with van der Waals surface area (Å²) in [4.78, 5) is 2.41. The van der Waals surface area contributed by atoms with E-state index in [1.807, 2.05) is 18.2 Å². The summed E-state index contributed by atoms with van der Waals surface area (Å²) in [6, 6.07) is 10.5. The Kier molecular flexibility index (Phi) is 4.95. The van der Waals surface area contributed by atoms with E-state index >= 15 is 0 Å². The Hall–Kier alpha value is -1.37. The molecule has 0 bridgehead atoms. The second-order valence-electron chi connectivity index (χ2n) is 5.55. The van der Waals surface area contributed by atoms with Crippen molar-refractivity contribution in [2.24, 2.45) is 5.92 Å². The monoisotopic (exact) mass is 257 g/mol. The smallest absolute Gasteiger partial charge is 0.0991 e. The Balaban J connectivity index is 1.97. The molecule has 1 fully saturated rings. The van der Waals surface area contributed by atoms with Crippen LogP contribution in [0, 0.1) is 17.2 Å². The Morgan fingerprint density at radius 2 is 2.16 bits per heavy atom. The minimum atomic E-state index is 0.364. The molecule has 19 heavy (non-hydrogen) atoms. The third kappa shape index (κ3) is 3.79. The first-order chi connectivity index (χ1) is 9.20. The predicted molar refractivity (Wildman–Crippen MR) is 77.8 cm³/mol. The number of hydrogen-bond donors (Lipinski definition) is 1. The van der Waals surface area contributed by atoms with E-state index in [9.17, 15) is 0 Å². The fraction of sp³-hybridized carbons (Fsp3) is 0.562. The third-order valence-corrected chi connectivity index (χ3v) is 4.16. The van der Waals surface area contributed by atoms with Crippen LogP contribution in [-0.2, 0) is 0 Å². The highest BCUT2D eigenvalue weighted by Crippen LogP contribution is 2.22. The average Bonchev–Trinajstić information content (AvgIpc) is 2.47. The van der Waals surface area contributed by atoms with Crippen molar-refractivity contribution < 1.29 is 0 Å². The van der Waals surface area contributed by atoms with E-state index in [1.165, 1.54) is 18.4 Å². The van der Waals surface area contributed by atoms with E-state index in [2.05, 4.69) is 36.3 Å². The summed E-state index contributed by atoms with van der Waals surface area (Å²) in [5.74, 6) is 0.799. The molecule has 3 heteroatoms. The minimum Gasteiger partial charge on any atom is -0.317 e. The largest absolute Gasteiger partial charge is 0.317 e. The van der Waals surface area contributed by atoms with Gasteiger partial charge in [0, 0.05) is 12.6 Å². The Morgan fingerprint density at radius 1 is 1.42 bits per heavy atom. The van der Waals surface area contributed by atoms with E-state index < -0.39 is 0 Å². The van der Waals surface area contributed by atoms with E-state index in [4.69, 9.17) is 5.26 Å². The number of piperidine rings is 1. The molecule has 3 nitrogen and oxygen atoms in total. The van der Waals surface area contributed by atoms with Gasteiger partial charge in [0.2, 0.25) is 0 Å². The Labute approximate surface area is 116 Å². The third-order valence-electron chi connectivity index (χ3n) is 4.16. The van der Waals surface area contributed by atoms with Crippen LogP contribution in [0.3, 0.4) is 0 Å². The molecule has 1 heterocycles. The molecule has 1 unspecified atom stereocenters. The van der Waals surface area contributed by atoms with Crippen LogP contribution in [0.25, 0.3) is 0 Å². The maximum atomic E-state index is 8.97. The molecule has 1 N–H and O–H groups in total. The first-order valence-corrected chi connectivity index (χ1v) is 7.11. The van der Waals surface area contributed by atoms with E-state index in [0.717, 1.165) is 31.1 Å². The van der Waals surface area contributed by atoms with Crippen LogP contribution in [-0.4, -0.2) is 31.6 Å². The van der Waals surface area contributed by atoms with E-state index in [-0.39, 0.29) is 0 Å². The van der Waals surface area contributed by atoms with Gasteiger partial charge in [-0.3, -0.25) is 4.90 Å². The summed E-state index contributed by atoms with van der Waals surface area (Å²) in [7, 11) is 2.19. The van der Waals surface area contributed by atoms with Gasteiger partial charge in [0.25, 0.3) is 0 Å². The second-order valence-corrected chi connectivity index (χ2v) is 5.55. The molecule has 0 spiro atoms. The number of rotatable bonds is 4. The second kappa shape index (κ2) is 6.70. The lowest BCUT2D eigenvalue weighted by Gasteiger charge is -2.31. The van der Waals surface area contributed by atoms with Crippen LogP contribution >= 0.6 is 0 Å². The molecule has 1 aliphatic heterocycles. The van der Waals surface area contributed by atoms with Crippen molar-refractivity contribution in [1.82, 2.24) is 10.2 Å². The summed E-state index contributed by atoms with van der Waals surface area (Å²) < 4.78 is 0. The maximum absolute atomic E-state index is 8.97. The summed E-state index contributed by atoms with van der Waals surface area (Å²) in [6.45, 7) is 5.66. The summed E-state index contributed by atoms with van der Waals surface area (Å²) >= 11 is 0. The van der Waals surface area contributed by atoms with E-state index in [0.29, 0.717) is 6.04 Å². The number of hydrogen-bond acceptors (Lipinski definition) is 3. The lowest BCUT2D eigenvalue weighted by atomic mass is 9.96. The Morgan fingerprint density at radius 3 is 2.84 bits per heavy atom. The first-order valence-electron chi connectivity index (χ1n) is 7.11. The molecule has 1 atom stereocenters. The molecule has 1 aliphatic rings. The average molecular weight is 257 g/mol. The molecule has 0 saturated carbocycles. The molecule has 1 aromatic rings. The molecule has 0 aliphatic carbocycles. The highest BCUT2D eigenvalue weighted by molar-refractivity contribution is 5.34. The van der Waals surface area contributed by atoms with Crippen LogP contribution < -0.4 is 5.32 Å². The van der Waals surface area contributed by atoms with Crippen molar-refractivity contribution in [3.05, 3.63) is 35.4 Å². The standard InChI is InChI=1S/C16H23N3/c1-13(16-5-3-4-15(10-16)11-17)19(2)12-14-6-8-18-9-7-14/h3-5,10,13-14,18H,6-9,12H2,1-2H3. The highest BCUT2D eigenvalue weighted by Gasteiger charge is 2.18. The molecule has 0 amide bonds. The number of nitrogens with one attached hydrogen (secondary N) is 1. The fourth-order valence-electron chi connectivity index (χ4n) is 2.75. The topological polar surface area (TPSA) is 39.1 Å². The van der Waals surface area contributed by atoms with Crippen molar-refractivity contribution in [3.63, 3.8) is 0 Å². The van der Waals surface area contributed by atoms with E-state index in [1.54, 1.807) is 0 Å². The van der Waals surface area contributed by atoms with Crippen LogP contribution in [0.5, 0.6) is 0 Å². The van der Waals surface area contributed by atoms with Crippen molar-refractivity contribution in [2.75, 3.05) is 26.7 Å². The van der Waals surface area contributed by atoms with Crippen LogP contribution in [0.4, 0.5) is 0 Å². The molecule has 102 valence electrons. The van der Waals surface area contributed by atoms with Crippen molar-refractivity contribution in [2.45, 2.75) is 25.8 Å². The number of benzene rings is 1. The molecular weight excluding hydrogens is 234 g/mol. The van der Waals surface area contributed by atoms with Gasteiger partial charge >= 0.3 is 0 Å². The lowest BCUT2D eigenvalue weighted by Crippen LogP contribution is -2.35. The quantitative estimate of drug-likeness (QED) is 0.901. The molecule has 1 saturated heterocycles. The van der Waals surface area contributed by atoms with Gasteiger partial charge in [-0.15, -0.1) is 0 Å². The van der Waals surface area contributed by atoms with Gasteiger partial charge in [0.1, 0.15) is 0 Å². The van der Waals surface area contributed by atoms with Crippen molar-refractivity contribution in [1.29, 1.82) is 5.26 Å².